The summed E-state index contributed by atoms with van der Waals surface area (Å²) < 4.78 is 22.3. The van der Waals surface area contributed by atoms with Gasteiger partial charge in [-0.1, -0.05) is 6.07 Å². The molecule has 1 aromatic carbocycles. The molecule has 134 valence electrons. The molecular weight excluding hydrogens is 341 g/mol. The molecule has 1 aromatic rings. The number of methoxy groups -OCH3 is 1. The highest BCUT2D eigenvalue weighted by atomic mass is 31.2. The average Bonchev–Trinajstić information content (AvgIpc) is 2.50. The number of hydrogen-bond acceptors (Lipinski definition) is 6. The van der Waals surface area contributed by atoms with Crippen LogP contribution in [0, 0.1) is 0 Å². The van der Waals surface area contributed by atoms with Crippen LogP contribution in [0.2, 0.25) is 0 Å². The lowest BCUT2D eigenvalue weighted by Crippen LogP contribution is -2.30. The number of carboxylic acids is 2. The number of ether oxygens (including phenoxy) is 2. The third-order valence-corrected chi connectivity index (χ3v) is 4.93. The molecule has 0 aromatic heterocycles. The maximum absolute atomic E-state index is 12.2. The summed E-state index contributed by atoms with van der Waals surface area (Å²) in [7, 11) is -2.26. The number of hydrogen-bond donors (Lipinski definition) is 4. The Balaban J connectivity index is 2.77. The van der Waals surface area contributed by atoms with Crippen molar-refractivity contribution in [2.45, 2.75) is 18.6 Å². The van der Waals surface area contributed by atoms with Gasteiger partial charge in [0.2, 0.25) is 7.37 Å². The topological polar surface area (TPSA) is 156 Å². The largest absolute Gasteiger partial charge is 0.493 e. The van der Waals surface area contributed by atoms with Crippen molar-refractivity contribution in [3.05, 3.63) is 23.8 Å². The van der Waals surface area contributed by atoms with E-state index in [0.717, 1.165) is 0 Å². The Morgan fingerprint density at radius 1 is 1.29 bits per heavy atom. The van der Waals surface area contributed by atoms with Gasteiger partial charge in [-0.25, -0.2) is 4.79 Å². The number of aliphatic carboxylic acids is 2. The van der Waals surface area contributed by atoms with E-state index >= 15 is 0 Å². The van der Waals surface area contributed by atoms with E-state index in [0.29, 0.717) is 5.56 Å². The van der Waals surface area contributed by atoms with Crippen LogP contribution in [0.5, 0.6) is 11.5 Å². The second kappa shape index (κ2) is 8.68. The van der Waals surface area contributed by atoms with Gasteiger partial charge in [0.05, 0.1) is 7.11 Å². The molecule has 0 aliphatic carbocycles. The van der Waals surface area contributed by atoms with E-state index in [1.54, 1.807) is 0 Å². The molecule has 24 heavy (non-hydrogen) atoms. The van der Waals surface area contributed by atoms with Gasteiger partial charge in [-0.05, 0) is 24.1 Å². The molecule has 5 N–H and O–H groups in total. The summed E-state index contributed by atoms with van der Waals surface area (Å²) in [5.74, 6) is -1.94. The lowest BCUT2D eigenvalue weighted by Gasteiger charge is -2.15. The van der Waals surface area contributed by atoms with Crippen molar-refractivity contribution < 1.29 is 38.7 Å². The second-order valence-corrected chi connectivity index (χ2v) is 7.59. The van der Waals surface area contributed by atoms with E-state index in [9.17, 15) is 19.0 Å². The van der Waals surface area contributed by atoms with Gasteiger partial charge in [0.15, 0.2) is 18.1 Å². The molecule has 1 unspecified atom stereocenters. The number of carboxylic acid groups (broad SMARTS) is 2. The van der Waals surface area contributed by atoms with Crippen molar-refractivity contribution in [2.75, 3.05) is 19.9 Å². The Labute approximate surface area is 138 Å². The van der Waals surface area contributed by atoms with Gasteiger partial charge in [0.1, 0.15) is 6.04 Å². The quantitative estimate of drug-likeness (QED) is 0.441. The summed E-state index contributed by atoms with van der Waals surface area (Å²) in [6, 6.07) is 3.24. The van der Waals surface area contributed by atoms with Gasteiger partial charge in [0.25, 0.3) is 0 Å². The summed E-state index contributed by atoms with van der Waals surface area (Å²) in [6.07, 6.45) is -0.519. The minimum atomic E-state index is -3.62. The zero-order valence-corrected chi connectivity index (χ0v) is 13.9. The van der Waals surface area contributed by atoms with E-state index in [2.05, 4.69) is 0 Å². The molecule has 0 heterocycles. The lowest BCUT2D eigenvalue weighted by atomic mass is 10.2. The van der Waals surface area contributed by atoms with Crippen LogP contribution in [0.3, 0.4) is 0 Å². The molecule has 0 spiro atoms. The van der Waals surface area contributed by atoms with E-state index < -0.39 is 32.0 Å². The highest BCUT2D eigenvalue weighted by Gasteiger charge is 2.23. The minimum absolute atomic E-state index is 0.111. The van der Waals surface area contributed by atoms with Crippen molar-refractivity contribution in [1.82, 2.24) is 0 Å². The molecule has 1 rings (SSSR count). The highest BCUT2D eigenvalue weighted by molar-refractivity contribution is 7.57. The van der Waals surface area contributed by atoms with Gasteiger partial charge in [-0.2, -0.15) is 0 Å². The molecule has 0 fully saturated rings. The van der Waals surface area contributed by atoms with E-state index in [1.165, 1.54) is 25.3 Å². The Morgan fingerprint density at radius 2 is 1.96 bits per heavy atom. The van der Waals surface area contributed by atoms with Gasteiger partial charge >= 0.3 is 11.9 Å². The van der Waals surface area contributed by atoms with Crippen LogP contribution < -0.4 is 15.2 Å². The van der Waals surface area contributed by atoms with Gasteiger partial charge in [0, 0.05) is 12.3 Å². The van der Waals surface area contributed by atoms with Crippen molar-refractivity contribution in [1.29, 1.82) is 0 Å². The molecule has 0 saturated carbocycles. The SMILES string of the molecule is COc1cc(CP(=O)(O)CC[C@@H](N)C(=O)O)ccc1OCC(=O)O. The summed E-state index contributed by atoms with van der Waals surface area (Å²) in [5.41, 5.74) is 5.80. The molecule has 0 aliphatic rings. The normalized spacial score (nSPS) is 14.5. The van der Waals surface area contributed by atoms with Crippen LogP contribution in [0.15, 0.2) is 18.2 Å². The van der Waals surface area contributed by atoms with Gasteiger partial charge < -0.3 is 30.3 Å². The Bertz CT molecular complexity index is 648. The Morgan fingerprint density at radius 3 is 2.50 bits per heavy atom. The fraction of sp³-hybridized carbons (Fsp3) is 0.429. The molecule has 10 heteroatoms. The first-order chi connectivity index (χ1) is 11.1. The van der Waals surface area contributed by atoms with Crippen LogP contribution in [0.4, 0.5) is 0 Å². The van der Waals surface area contributed by atoms with E-state index in [1.807, 2.05) is 0 Å². The number of carbonyl (C=O) groups is 2. The van der Waals surface area contributed by atoms with Crippen LogP contribution >= 0.6 is 7.37 Å². The van der Waals surface area contributed by atoms with Crippen LogP contribution in [-0.4, -0.2) is 53.0 Å². The van der Waals surface area contributed by atoms with Gasteiger partial charge in [-0.15, -0.1) is 0 Å². The average molecular weight is 361 g/mol. The number of benzene rings is 1. The molecular formula is C14H20NO8P. The zero-order valence-electron chi connectivity index (χ0n) is 13.0. The van der Waals surface area contributed by atoms with E-state index in [4.69, 9.17) is 25.4 Å². The molecule has 2 atom stereocenters. The maximum atomic E-state index is 12.2. The molecule has 0 aliphatic heterocycles. The second-order valence-electron chi connectivity index (χ2n) is 5.13. The molecule has 0 saturated heterocycles. The monoisotopic (exact) mass is 361 g/mol. The molecule has 0 bridgehead atoms. The standard InChI is InChI=1S/C14H20NO8P/c1-22-12-6-9(2-3-11(12)23-7-13(16)17)8-24(20,21)5-4-10(15)14(18)19/h2-3,6,10H,4-5,7-8,15H2,1H3,(H,16,17)(H,18,19)(H,20,21)/t10-/m1/s1. The Kier molecular flexibility index (Phi) is 7.21. The molecule has 0 radical (unpaired) electrons. The minimum Gasteiger partial charge on any atom is -0.493 e. The first-order valence-corrected chi connectivity index (χ1v) is 8.98. The third-order valence-electron chi connectivity index (χ3n) is 3.12. The smallest absolute Gasteiger partial charge is 0.341 e. The van der Waals surface area contributed by atoms with Crippen LogP contribution in [0.25, 0.3) is 0 Å². The molecule has 0 amide bonds. The summed E-state index contributed by atoms with van der Waals surface area (Å²) in [6.45, 7) is -0.540. The van der Waals surface area contributed by atoms with Crippen LogP contribution in [0.1, 0.15) is 12.0 Å². The summed E-state index contributed by atoms with van der Waals surface area (Å²) >= 11 is 0. The predicted octanol–water partition coefficient (Wildman–Crippen LogP) is 0.731. The predicted molar refractivity (Wildman–Crippen MR) is 84.7 cm³/mol. The first-order valence-electron chi connectivity index (χ1n) is 6.95. The number of rotatable bonds is 10. The van der Waals surface area contributed by atoms with Crippen molar-refractivity contribution in [3.8, 4) is 11.5 Å². The summed E-state index contributed by atoms with van der Waals surface area (Å²) in [5, 5.41) is 17.3. The fourth-order valence-corrected chi connectivity index (χ4v) is 3.50. The zero-order chi connectivity index (χ0) is 18.3. The summed E-state index contributed by atoms with van der Waals surface area (Å²) in [4.78, 5) is 31.1. The van der Waals surface area contributed by atoms with E-state index in [-0.39, 0.29) is 30.2 Å². The highest BCUT2D eigenvalue weighted by Crippen LogP contribution is 2.46. The number of nitrogens with two attached hydrogens (primary N) is 1. The van der Waals surface area contributed by atoms with Crippen molar-refractivity contribution in [3.63, 3.8) is 0 Å². The molecule has 9 nitrogen and oxygen atoms in total. The Hall–Kier alpha value is -2.09. The lowest BCUT2D eigenvalue weighted by molar-refractivity contribution is -0.139. The van der Waals surface area contributed by atoms with Crippen molar-refractivity contribution >= 4 is 19.3 Å². The third kappa shape index (κ3) is 6.57. The fourth-order valence-electron chi connectivity index (χ4n) is 1.90. The van der Waals surface area contributed by atoms with Crippen molar-refractivity contribution in [2.24, 2.45) is 5.73 Å². The first kappa shape index (κ1) is 20.0. The maximum Gasteiger partial charge on any atom is 0.341 e. The van der Waals surface area contributed by atoms with Gasteiger partial charge in [-0.3, -0.25) is 9.36 Å². The van der Waals surface area contributed by atoms with Crippen LogP contribution in [-0.2, 0) is 20.3 Å².